The molecule has 1 aliphatic rings. The molecule has 2 amide bonds. The molecular formula is C13H15ClN2O2. The second kappa shape index (κ2) is 4.61. The molecule has 4 nitrogen and oxygen atoms in total. The molecule has 18 heavy (non-hydrogen) atoms. The van der Waals surface area contributed by atoms with E-state index >= 15 is 0 Å². The number of hydrogen-bond acceptors (Lipinski definition) is 2. The number of nitrogens with two attached hydrogens (primary N) is 1. The summed E-state index contributed by atoms with van der Waals surface area (Å²) in [5.41, 5.74) is 5.19. The zero-order chi connectivity index (χ0) is 13.3. The van der Waals surface area contributed by atoms with E-state index in [1.165, 1.54) is 0 Å². The summed E-state index contributed by atoms with van der Waals surface area (Å²) in [7, 11) is 0. The Bertz CT molecular complexity index is 504. The number of rotatable bonds is 3. The maximum atomic E-state index is 12.2. The van der Waals surface area contributed by atoms with Gasteiger partial charge in [0.1, 0.15) is 5.41 Å². The molecule has 1 heterocycles. The van der Waals surface area contributed by atoms with Crippen LogP contribution in [0.4, 0.5) is 0 Å². The lowest BCUT2D eigenvalue weighted by Crippen LogP contribution is -2.41. The van der Waals surface area contributed by atoms with Crippen LogP contribution >= 0.6 is 11.6 Å². The van der Waals surface area contributed by atoms with Crippen molar-refractivity contribution in [2.45, 2.75) is 19.9 Å². The van der Waals surface area contributed by atoms with Gasteiger partial charge in [0.15, 0.2) is 0 Å². The maximum Gasteiger partial charge on any atom is 0.238 e. The average molecular weight is 267 g/mol. The van der Waals surface area contributed by atoms with Gasteiger partial charge in [-0.25, -0.2) is 0 Å². The highest BCUT2D eigenvalue weighted by atomic mass is 35.5. The van der Waals surface area contributed by atoms with Crippen molar-refractivity contribution in [3.8, 4) is 0 Å². The summed E-state index contributed by atoms with van der Waals surface area (Å²) in [6.07, 6.45) is 0.474. The minimum absolute atomic E-state index is 0.199. The molecule has 0 aromatic heterocycles. The number of benzene rings is 1. The van der Waals surface area contributed by atoms with Crippen LogP contribution in [-0.2, 0) is 16.1 Å². The van der Waals surface area contributed by atoms with Crippen LogP contribution in [0, 0.1) is 5.41 Å². The Kier molecular flexibility index (Phi) is 3.30. The van der Waals surface area contributed by atoms with Crippen molar-refractivity contribution in [2.24, 2.45) is 11.1 Å². The highest BCUT2D eigenvalue weighted by molar-refractivity contribution is 6.30. The number of halogens is 1. The van der Waals surface area contributed by atoms with Crippen molar-refractivity contribution in [1.29, 1.82) is 0 Å². The zero-order valence-electron chi connectivity index (χ0n) is 10.1. The second-order valence-corrected chi connectivity index (χ2v) is 5.24. The molecule has 0 radical (unpaired) electrons. The highest BCUT2D eigenvalue weighted by Crippen LogP contribution is 2.32. The van der Waals surface area contributed by atoms with Crippen LogP contribution in [0.15, 0.2) is 24.3 Å². The van der Waals surface area contributed by atoms with E-state index in [0.29, 0.717) is 24.5 Å². The minimum Gasteiger partial charge on any atom is -0.369 e. The molecule has 0 saturated carbocycles. The molecule has 1 saturated heterocycles. The fraction of sp³-hybridized carbons (Fsp3) is 0.385. The van der Waals surface area contributed by atoms with Gasteiger partial charge in [-0.05, 0) is 31.0 Å². The number of nitrogens with zero attached hydrogens (tertiary/aromatic N) is 1. The monoisotopic (exact) mass is 266 g/mol. The predicted octanol–water partition coefficient (Wildman–Crippen LogP) is 1.56. The topological polar surface area (TPSA) is 63.4 Å². The second-order valence-electron chi connectivity index (χ2n) is 4.80. The van der Waals surface area contributed by atoms with Crippen LogP contribution in [-0.4, -0.2) is 23.3 Å². The largest absolute Gasteiger partial charge is 0.369 e. The van der Waals surface area contributed by atoms with Crippen molar-refractivity contribution in [2.75, 3.05) is 6.54 Å². The van der Waals surface area contributed by atoms with E-state index in [1.54, 1.807) is 17.9 Å². The van der Waals surface area contributed by atoms with Gasteiger partial charge in [0.25, 0.3) is 0 Å². The number of carbonyl (C=O) groups is 2. The average Bonchev–Trinajstić information content (AvgIpc) is 2.59. The van der Waals surface area contributed by atoms with E-state index in [9.17, 15) is 9.59 Å². The molecule has 2 N–H and O–H groups in total. The smallest absolute Gasteiger partial charge is 0.238 e. The molecule has 1 aromatic rings. The van der Waals surface area contributed by atoms with Crippen molar-refractivity contribution in [3.63, 3.8) is 0 Å². The van der Waals surface area contributed by atoms with Gasteiger partial charge >= 0.3 is 0 Å². The molecule has 96 valence electrons. The third-order valence-corrected chi connectivity index (χ3v) is 3.68. The van der Waals surface area contributed by atoms with Crippen LogP contribution in [0.3, 0.4) is 0 Å². The van der Waals surface area contributed by atoms with E-state index in [4.69, 9.17) is 17.3 Å². The Hall–Kier alpha value is -1.55. The van der Waals surface area contributed by atoms with Crippen molar-refractivity contribution >= 4 is 23.4 Å². The third-order valence-electron chi connectivity index (χ3n) is 3.45. The van der Waals surface area contributed by atoms with Gasteiger partial charge in [0.2, 0.25) is 11.8 Å². The first kappa shape index (κ1) is 12.9. The van der Waals surface area contributed by atoms with Gasteiger partial charge in [-0.15, -0.1) is 0 Å². The fourth-order valence-electron chi connectivity index (χ4n) is 2.15. The lowest BCUT2D eigenvalue weighted by Gasteiger charge is -2.20. The summed E-state index contributed by atoms with van der Waals surface area (Å²) in [6.45, 7) is 2.61. The first-order chi connectivity index (χ1) is 8.43. The van der Waals surface area contributed by atoms with Crippen LogP contribution in [0.2, 0.25) is 5.02 Å². The molecule has 0 bridgehead atoms. The molecule has 1 unspecified atom stereocenters. The van der Waals surface area contributed by atoms with Gasteiger partial charge < -0.3 is 10.6 Å². The summed E-state index contributed by atoms with van der Waals surface area (Å²) in [4.78, 5) is 25.1. The lowest BCUT2D eigenvalue weighted by molar-refractivity contribution is -0.143. The standard InChI is InChI=1S/C13H15ClN2O2/c1-13(11(15)17)5-6-16(12(13)18)8-9-3-2-4-10(14)7-9/h2-4,7H,5-6,8H2,1H3,(H2,15,17). The molecular weight excluding hydrogens is 252 g/mol. The van der Waals surface area contributed by atoms with Gasteiger partial charge in [-0.3, -0.25) is 9.59 Å². The van der Waals surface area contributed by atoms with Crippen molar-refractivity contribution < 1.29 is 9.59 Å². The Labute approximate surface area is 111 Å². The van der Waals surface area contributed by atoms with Gasteiger partial charge in [-0.1, -0.05) is 23.7 Å². The summed E-state index contributed by atoms with van der Waals surface area (Å²) in [5, 5.41) is 0.636. The van der Waals surface area contributed by atoms with Crippen molar-refractivity contribution in [3.05, 3.63) is 34.9 Å². The van der Waals surface area contributed by atoms with Crippen LogP contribution in [0.5, 0.6) is 0 Å². The van der Waals surface area contributed by atoms with E-state index < -0.39 is 11.3 Å². The molecule has 5 heteroatoms. The molecule has 0 aliphatic carbocycles. The van der Waals surface area contributed by atoms with Gasteiger partial charge in [-0.2, -0.15) is 0 Å². The SMILES string of the molecule is CC1(C(N)=O)CCN(Cc2cccc(Cl)c2)C1=O. The van der Waals surface area contributed by atoms with Crippen molar-refractivity contribution in [1.82, 2.24) is 4.90 Å². The summed E-state index contributed by atoms with van der Waals surface area (Å²) in [5.74, 6) is -0.754. The molecule has 1 aromatic carbocycles. The molecule has 1 fully saturated rings. The lowest BCUT2D eigenvalue weighted by atomic mass is 9.88. The molecule has 1 aliphatic heterocycles. The van der Waals surface area contributed by atoms with Crippen LogP contribution < -0.4 is 5.73 Å². The number of carbonyl (C=O) groups excluding carboxylic acids is 2. The minimum atomic E-state index is -1.06. The summed E-state index contributed by atoms with van der Waals surface area (Å²) < 4.78 is 0. The number of primary amides is 1. The summed E-state index contributed by atoms with van der Waals surface area (Å²) in [6, 6.07) is 7.34. The quantitative estimate of drug-likeness (QED) is 0.844. The Balaban J connectivity index is 2.14. The first-order valence-electron chi connectivity index (χ1n) is 5.77. The number of amides is 2. The van der Waals surface area contributed by atoms with E-state index in [2.05, 4.69) is 0 Å². The molecule has 0 spiro atoms. The predicted molar refractivity (Wildman–Crippen MR) is 68.8 cm³/mol. The Morgan fingerprint density at radius 1 is 1.56 bits per heavy atom. The van der Waals surface area contributed by atoms with Crippen LogP contribution in [0.1, 0.15) is 18.9 Å². The summed E-state index contributed by atoms with van der Waals surface area (Å²) >= 11 is 5.90. The van der Waals surface area contributed by atoms with Crippen LogP contribution in [0.25, 0.3) is 0 Å². The van der Waals surface area contributed by atoms with E-state index in [1.807, 2.05) is 18.2 Å². The zero-order valence-corrected chi connectivity index (χ0v) is 10.9. The number of likely N-dealkylation sites (tertiary alicyclic amines) is 1. The number of hydrogen-bond donors (Lipinski definition) is 1. The van der Waals surface area contributed by atoms with E-state index in [0.717, 1.165) is 5.56 Å². The molecule has 2 rings (SSSR count). The van der Waals surface area contributed by atoms with Gasteiger partial charge in [0, 0.05) is 18.1 Å². The highest BCUT2D eigenvalue weighted by Gasteiger charge is 2.47. The molecule has 1 atom stereocenters. The van der Waals surface area contributed by atoms with E-state index in [-0.39, 0.29) is 5.91 Å². The Morgan fingerprint density at radius 2 is 2.28 bits per heavy atom. The van der Waals surface area contributed by atoms with Gasteiger partial charge in [0.05, 0.1) is 0 Å². The fourth-order valence-corrected chi connectivity index (χ4v) is 2.36. The Morgan fingerprint density at radius 3 is 2.83 bits per heavy atom. The normalized spacial score (nSPS) is 23.4. The first-order valence-corrected chi connectivity index (χ1v) is 6.15. The third kappa shape index (κ3) is 2.20. The maximum absolute atomic E-state index is 12.2.